The standard InChI is InChI=1S/C19H28ClN3O4/c1-21-19(22-5-3-6-24-13-15-4-2-7-25-15)23-12-14-10-16(20)18-17(11-14)26-8-9-27-18/h10-11,15H,2-9,12-13H2,1H3,(H2,21,22,23). The summed E-state index contributed by atoms with van der Waals surface area (Å²) in [5.74, 6) is 2.05. The Morgan fingerprint density at radius 3 is 2.96 bits per heavy atom. The summed E-state index contributed by atoms with van der Waals surface area (Å²) in [6.07, 6.45) is 3.44. The van der Waals surface area contributed by atoms with E-state index in [1.54, 1.807) is 7.05 Å². The number of hydrogen-bond donors (Lipinski definition) is 2. The van der Waals surface area contributed by atoms with Crippen LogP contribution < -0.4 is 20.1 Å². The zero-order chi connectivity index (χ0) is 18.9. The predicted octanol–water partition coefficient (Wildman–Crippen LogP) is 2.36. The SMILES string of the molecule is CN=C(NCCCOCC1CCCO1)NCc1cc(Cl)c2c(c1)OCCO2. The van der Waals surface area contributed by atoms with Crippen LogP contribution >= 0.6 is 11.6 Å². The molecule has 150 valence electrons. The molecule has 2 aliphatic heterocycles. The van der Waals surface area contributed by atoms with Crippen LogP contribution in [-0.2, 0) is 16.0 Å². The lowest BCUT2D eigenvalue weighted by Gasteiger charge is -2.20. The van der Waals surface area contributed by atoms with Crippen molar-refractivity contribution in [2.24, 2.45) is 4.99 Å². The molecule has 0 spiro atoms. The van der Waals surface area contributed by atoms with Gasteiger partial charge in [0.05, 0.1) is 17.7 Å². The van der Waals surface area contributed by atoms with Crippen molar-refractivity contribution in [3.63, 3.8) is 0 Å². The van der Waals surface area contributed by atoms with Gasteiger partial charge >= 0.3 is 0 Å². The average molecular weight is 398 g/mol. The molecule has 0 aliphatic carbocycles. The molecule has 0 bridgehead atoms. The third-order valence-corrected chi connectivity index (χ3v) is 4.71. The summed E-state index contributed by atoms with van der Waals surface area (Å²) in [4.78, 5) is 4.24. The highest BCUT2D eigenvalue weighted by molar-refractivity contribution is 6.32. The van der Waals surface area contributed by atoms with E-state index in [1.807, 2.05) is 12.1 Å². The van der Waals surface area contributed by atoms with Crippen LogP contribution in [0.25, 0.3) is 0 Å². The summed E-state index contributed by atoms with van der Waals surface area (Å²) in [6.45, 7) is 4.71. The second-order valence-corrected chi connectivity index (χ2v) is 6.93. The third kappa shape index (κ3) is 6.16. The van der Waals surface area contributed by atoms with E-state index in [0.29, 0.717) is 49.5 Å². The Bertz CT molecular complexity index is 636. The van der Waals surface area contributed by atoms with Gasteiger partial charge in [-0.2, -0.15) is 0 Å². The molecule has 1 aromatic carbocycles. The minimum atomic E-state index is 0.283. The zero-order valence-corrected chi connectivity index (χ0v) is 16.5. The van der Waals surface area contributed by atoms with Crippen LogP contribution in [0, 0.1) is 0 Å². The highest BCUT2D eigenvalue weighted by Gasteiger charge is 2.17. The van der Waals surface area contributed by atoms with Crippen molar-refractivity contribution in [2.45, 2.75) is 31.9 Å². The van der Waals surface area contributed by atoms with E-state index in [-0.39, 0.29) is 6.10 Å². The molecule has 0 saturated carbocycles. The topological polar surface area (TPSA) is 73.3 Å². The lowest BCUT2D eigenvalue weighted by atomic mass is 10.2. The highest BCUT2D eigenvalue weighted by Crippen LogP contribution is 2.38. The molecular weight excluding hydrogens is 370 g/mol. The monoisotopic (exact) mass is 397 g/mol. The van der Waals surface area contributed by atoms with Crippen molar-refractivity contribution in [2.75, 3.05) is 46.6 Å². The lowest BCUT2D eigenvalue weighted by molar-refractivity contribution is 0.0168. The fourth-order valence-electron chi connectivity index (χ4n) is 3.04. The van der Waals surface area contributed by atoms with Crippen LogP contribution in [0.15, 0.2) is 17.1 Å². The van der Waals surface area contributed by atoms with Crippen molar-refractivity contribution in [1.29, 1.82) is 0 Å². The summed E-state index contributed by atoms with van der Waals surface area (Å²) >= 11 is 6.27. The van der Waals surface area contributed by atoms with Crippen LogP contribution in [0.3, 0.4) is 0 Å². The van der Waals surface area contributed by atoms with Crippen molar-refractivity contribution < 1.29 is 18.9 Å². The Morgan fingerprint density at radius 2 is 2.15 bits per heavy atom. The number of aliphatic imine (C=N–C) groups is 1. The molecule has 0 radical (unpaired) electrons. The fourth-order valence-corrected chi connectivity index (χ4v) is 3.33. The van der Waals surface area contributed by atoms with Gasteiger partial charge < -0.3 is 29.6 Å². The molecule has 0 amide bonds. The second-order valence-electron chi connectivity index (χ2n) is 6.52. The summed E-state index contributed by atoms with van der Waals surface area (Å²) in [6, 6.07) is 3.83. The molecule has 3 rings (SSSR count). The molecule has 8 heteroatoms. The minimum Gasteiger partial charge on any atom is -0.486 e. The van der Waals surface area contributed by atoms with E-state index in [0.717, 1.165) is 43.9 Å². The van der Waals surface area contributed by atoms with Gasteiger partial charge in [-0.15, -0.1) is 0 Å². The van der Waals surface area contributed by atoms with E-state index in [9.17, 15) is 0 Å². The molecule has 2 heterocycles. The highest BCUT2D eigenvalue weighted by atomic mass is 35.5. The van der Waals surface area contributed by atoms with Gasteiger partial charge in [-0.3, -0.25) is 4.99 Å². The van der Waals surface area contributed by atoms with Crippen LogP contribution in [0.2, 0.25) is 5.02 Å². The molecule has 7 nitrogen and oxygen atoms in total. The van der Waals surface area contributed by atoms with Crippen molar-refractivity contribution >= 4 is 17.6 Å². The first-order valence-electron chi connectivity index (χ1n) is 9.48. The molecule has 1 fully saturated rings. The number of halogens is 1. The van der Waals surface area contributed by atoms with Gasteiger partial charge in [0.1, 0.15) is 13.2 Å². The minimum absolute atomic E-state index is 0.283. The Kier molecular flexibility index (Phi) is 7.86. The number of rotatable bonds is 8. The first-order chi connectivity index (χ1) is 13.3. The number of nitrogens with zero attached hydrogens (tertiary/aromatic N) is 1. The largest absolute Gasteiger partial charge is 0.486 e. The Hall–Kier alpha value is -1.70. The Balaban J connectivity index is 1.34. The maximum Gasteiger partial charge on any atom is 0.191 e. The van der Waals surface area contributed by atoms with Crippen molar-refractivity contribution in [3.05, 3.63) is 22.7 Å². The van der Waals surface area contributed by atoms with Crippen molar-refractivity contribution in [1.82, 2.24) is 10.6 Å². The predicted molar refractivity (Wildman–Crippen MR) is 105 cm³/mol. The number of nitrogens with one attached hydrogen (secondary N) is 2. The molecular formula is C19H28ClN3O4. The molecule has 1 atom stereocenters. The molecule has 27 heavy (non-hydrogen) atoms. The van der Waals surface area contributed by atoms with E-state index < -0.39 is 0 Å². The fraction of sp³-hybridized carbons (Fsp3) is 0.632. The van der Waals surface area contributed by atoms with E-state index in [4.69, 9.17) is 30.5 Å². The number of benzene rings is 1. The van der Waals surface area contributed by atoms with E-state index >= 15 is 0 Å². The lowest BCUT2D eigenvalue weighted by Crippen LogP contribution is -2.37. The third-order valence-electron chi connectivity index (χ3n) is 4.43. The smallest absolute Gasteiger partial charge is 0.191 e. The second kappa shape index (κ2) is 10.6. The first kappa shape index (κ1) is 20.0. The maximum absolute atomic E-state index is 6.27. The molecule has 2 N–H and O–H groups in total. The summed E-state index contributed by atoms with van der Waals surface area (Å²) in [5, 5.41) is 7.13. The first-order valence-corrected chi connectivity index (χ1v) is 9.86. The van der Waals surface area contributed by atoms with Gasteiger partial charge in [0.15, 0.2) is 17.5 Å². The van der Waals surface area contributed by atoms with Gasteiger partial charge in [-0.05, 0) is 37.0 Å². The zero-order valence-electron chi connectivity index (χ0n) is 15.8. The van der Waals surface area contributed by atoms with Crippen LogP contribution in [-0.4, -0.2) is 58.7 Å². The van der Waals surface area contributed by atoms with E-state index in [2.05, 4.69) is 15.6 Å². The number of guanidine groups is 1. The van der Waals surface area contributed by atoms with Gasteiger partial charge in [0.2, 0.25) is 0 Å². The normalized spacial score (nSPS) is 19.2. The summed E-state index contributed by atoms with van der Waals surface area (Å²) in [7, 11) is 1.75. The Morgan fingerprint density at radius 1 is 1.26 bits per heavy atom. The van der Waals surface area contributed by atoms with Crippen molar-refractivity contribution in [3.8, 4) is 11.5 Å². The molecule has 1 unspecified atom stereocenters. The van der Waals surface area contributed by atoms with Crippen LogP contribution in [0.1, 0.15) is 24.8 Å². The van der Waals surface area contributed by atoms with Gasteiger partial charge in [-0.1, -0.05) is 11.6 Å². The number of hydrogen-bond acceptors (Lipinski definition) is 5. The Labute approximate surface area is 165 Å². The van der Waals surface area contributed by atoms with Gasteiger partial charge in [0.25, 0.3) is 0 Å². The van der Waals surface area contributed by atoms with Crippen LogP contribution in [0.5, 0.6) is 11.5 Å². The van der Waals surface area contributed by atoms with Gasteiger partial charge in [-0.25, -0.2) is 0 Å². The maximum atomic E-state index is 6.27. The van der Waals surface area contributed by atoms with Crippen LogP contribution in [0.4, 0.5) is 0 Å². The number of ether oxygens (including phenoxy) is 4. The summed E-state index contributed by atoms with van der Waals surface area (Å²) < 4.78 is 22.4. The molecule has 2 aliphatic rings. The van der Waals surface area contributed by atoms with Gasteiger partial charge in [0, 0.05) is 33.4 Å². The molecule has 0 aromatic heterocycles. The van der Waals surface area contributed by atoms with E-state index in [1.165, 1.54) is 0 Å². The number of fused-ring (bicyclic) bond motifs is 1. The average Bonchev–Trinajstić information content (AvgIpc) is 3.20. The molecule has 1 saturated heterocycles. The quantitative estimate of drug-likeness (QED) is 0.398. The molecule has 1 aromatic rings. The summed E-state index contributed by atoms with van der Waals surface area (Å²) in [5.41, 5.74) is 1.01.